The molecule has 2 atom stereocenters. The predicted molar refractivity (Wildman–Crippen MR) is 107 cm³/mol. The quantitative estimate of drug-likeness (QED) is 0.402. The lowest BCUT2D eigenvalue weighted by Gasteiger charge is -2.20. The molecular weight excluding hydrogens is 326 g/mol. The Morgan fingerprint density at radius 1 is 0.962 bits per heavy atom. The molecule has 0 aliphatic carbocycles. The summed E-state index contributed by atoms with van der Waals surface area (Å²) in [7, 11) is 0. The second kappa shape index (κ2) is 14.7. The van der Waals surface area contributed by atoms with Crippen LogP contribution in [0.3, 0.4) is 0 Å². The lowest BCUT2D eigenvalue weighted by molar-refractivity contribution is -0.122. The fraction of sp³-hybridized carbons (Fsp3) is 0.682. The molecule has 148 valence electrons. The lowest BCUT2D eigenvalue weighted by Crippen LogP contribution is -2.38. The van der Waals surface area contributed by atoms with E-state index in [0.717, 1.165) is 18.4 Å². The summed E-state index contributed by atoms with van der Waals surface area (Å²) in [5, 5.41) is 22.5. The Kier molecular flexibility index (Phi) is 12.8. The fourth-order valence-electron chi connectivity index (χ4n) is 3.16. The van der Waals surface area contributed by atoms with Crippen LogP contribution in [0.4, 0.5) is 0 Å². The van der Waals surface area contributed by atoms with Crippen LogP contribution in [-0.2, 0) is 4.79 Å². The average molecular weight is 364 g/mol. The minimum absolute atomic E-state index is 0.0349. The lowest BCUT2D eigenvalue weighted by atomic mass is 10.0. The summed E-state index contributed by atoms with van der Waals surface area (Å²) in [6.07, 6.45) is 11.2. The van der Waals surface area contributed by atoms with Crippen molar-refractivity contribution < 1.29 is 15.0 Å². The van der Waals surface area contributed by atoms with Crippen molar-refractivity contribution >= 4 is 5.91 Å². The highest BCUT2D eigenvalue weighted by Gasteiger charge is 2.17. The van der Waals surface area contributed by atoms with Crippen LogP contribution < -0.4 is 5.32 Å². The molecule has 1 aromatic carbocycles. The van der Waals surface area contributed by atoms with Crippen LogP contribution >= 0.6 is 0 Å². The zero-order valence-electron chi connectivity index (χ0n) is 16.3. The van der Waals surface area contributed by atoms with Crippen LogP contribution in [0.25, 0.3) is 0 Å². The van der Waals surface area contributed by atoms with Crippen LogP contribution in [0.5, 0.6) is 0 Å². The Balaban J connectivity index is 2.12. The number of hydrogen-bond donors (Lipinski definition) is 3. The van der Waals surface area contributed by atoms with E-state index in [9.17, 15) is 15.0 Å². The molecule has 4 heteroatoms. The maximum atomic E-state index is 12.0. The van der Waals surface area contributed by atoms with Crippen LogP contribution in [0, 0.1) is 0 Å². The predicted octanol–water partition coefficient (Wildman–Crippen LogP) is 4.51. The van der Waals surface area contributed by atoms with Crippen molar-refractivity contribution in [3.8, 4) is 0 Å². The Morgan fingerprint density at radius 2 is 1.54 bits per heavy atom. The van der Waals surface area contributed by atoms with Crippen molar-refractivity contribution in [2.45, 2.75) is 89.7 Å². The summed E-state index contributed by atoms with van der Waals surface area (Å²) >= 11 is 0. The molecule has 1 rings (SSSR count). The first-order valence-electron chi connectivity index (χ1n) is 10.3. The van der Waals surface area contributed by atoms with Crippen LogP contribution in [0.2, 0.25) is 0 Å². The van der Waals surface area contributed by atoms with Gasteiger partial charge in [0, 0.05) is 6.42 Å². The Bertz CT molecular complexity index is 464. The molecule has 0 bridgehead atoms. The van der Waals surface area contributed by atoms with Crippen molar-refractivity contribution in [2.75, 3.05) is 6.61 Å². The number of rotatable bonds is 15. The molecule has 0 radical (unpaired) electrons. The molecule has 0 heterocycles. The van der Waals surface area contributed by atoms with E-state index in [1.54, 1.807) is 0 Å². The van der Waals surface area contributed by atoms with Gasteiger partial charge >= 0.3 is 0 Å². The van der Waals surface area contributed by atoms with Gasteiger partial charge in [-0.1, -0.05) is 88.6 Å². The van der Waals surface area contributed by atoms with E-state index in [2.05, 4.69) is 12.2 Å². The first kappa shape index (κ1) is 22.7. The third-order valence-corrected chi connectivity index (χ3v) is 4.79. The Morgan fingerprint density at radius 3 is 2.12 bits per heavy atom. The molecule has 3 N–H and O–H groups in total. The molecule has 1 aromatic rings. The molecule has 0 aromatic heterocycles. The summed E-state index contributed by atoms with van der Waals surface area (Å²) < 4.78 is 0. The average Bonchev–Trinajstić information content (AvgIpc) is 2.66. The molecule has 4 nitrogen and oxygen atoms in total. The molecule has 1 unspecified atom stereocenters. The number of unbranched alkanes of at least 4 members (excludes halogenated alkanes) is 8. The number of carbonyl (C=O) groups is 1. The molecule has 0 aliphatic heterocycles. The van der Waals surface area contributed by atoms with Gasteiger partial charge in [0.05, 0.1) is 18.8 Å². The van der Waals surface area contributed by atoms with Gasteiger partial charge in [0.1, 0.15) is 0 Å². The number of aliphatic hydroxyl groups is 2. The van der Waals surface area contributed by atoms with E-state index < -0.39 is 12.1 Å². The largest absolute Gasteiger partial charge is 0.394 e. The Hall–Kier alpha value is -1.39. The summed E-state index contributed by atoms with van der Waals surface area (Å²) in [6.45, 7) is 2.07. The smallest absolute Gasteiger partial charge is 0.220 e. The third-order valence-electron chi connectivity index (χ3n) is 4.79. The molecule has 0 fully saturated rings. The van der Waals surface area contributed by atoms with Crippen molar-refractivity contribution in [3.63, 3.8) is 0 Å². The van der Waals surface area contributed by atoms with Gasteiger partial charge in [-0.05, 0) is 18.4 Å². The minimum atomic E-state index is -0.679. The zero-order chi connectivity index (χ0) is 19.0. The number of amides is 1. The highest BCUT2D eigenvalue weighted by Crippen LogP contribution is 2.18. The van der Waals surface area contributed by atoms with Crippen LogP contribution in [0.1, 0.15) is 89.2 Å². The van der Waals surface area contributed by atoms with Crippen molar-refractivity contribution in [2.24, 2.45) is 0 Å². The minimum Gasteiger partial charge on any atom is -0.394 e. The topological polar surface area (TPSA) is 69.6 Å². The van der Waals surface area contributed by atoms with Crippen molar-refractivity contribution in [3.05, 3.63) is 35.9 Å². The van der Waals surface area contributed by atoms with Crippen LogP contribution in [-0.4, -0.2) is 28.8 Å². The van der Waals surface area contributed by atoms with E-state index in [0.29, 0.717) is 12.8 Å². The number of benzene rings is 1. The van der Waals surface area contributed by atoms with Crippen molar-refractivity contribution in [1.29, 1.82) is 0 Å². The fourth-order valence-corrected chi connectivity index (χ4v) is 3.16. The molecular formula is C22H37NO3. The van der Waals surface area contributed by atoms with Gasteiger partial charge in [-0.3, -0.25) is 4.79 Å². The van der Waals surface area contributed by atoms with Crippen LogP contribution in [0.15, 0.2) is 30.3 Å². The second-order valence-corrected chi connectivity index (χ2v) is 7.19. The van der Waals surface area contributed by atoms with E-state index in [1.165, 1.54) is 44.9 Å². The molecule has 1 amide bonds. The zero-order valence-corrected chi connectivity index (χ0v) is 16.3. The number of carbonyl (C=O) groups excluding carboxylic acids is 1. The summed E-state index contributed by atoms with van der Waals surface area (Å²) in [5.41, 5.74) is 0.805. The van der Waals surface area contributed by atoms with Gasteiger partial charge in [0.15, 0.2) is 0 Å². The van der Waals surface area contributed by atoms with E-state index in [4.69, 9.17) is 0 Å². The summed E-state index contributed by atoms with van der Waals surface area (Å²) in [6, 6.07) is 8.93. The monoisotopic (exact) mass is 363 g/mol. The SMILES string of the molecule is CCCCCCCCCCCC(=O)NC(CO)C[C@@H](O)c1ccccc1. The molecule has 0 aliphatic rings. The molecule has 0 saturated carbocycles. The van der Waals surface area contributed by atoms with Gasteiger partial charge in [-0.2, -0.15) is 0 Å². The maximum Gasteiger partial charge on any atom is 0.220 e. The van der Waals surface area contributed by atoms with E-state index >= 15 is 0 Å². The Labute approximate surface area is 159 Å². The van der Waals surface area contributed by atoms with Gasteiger partial charge in [-0.15, -0.1) is 0 Å². The highest BCUT2D eigenvalue weighted by atomic mass is 16.3. The first-order valence-corrected chi connectivity index (χ1v) is 10.3. The maximum absolute atomic E-state index is 12.0. The molecule has 0 spiro atoms. The summed E-state index contributed by atoms with van der Waals surface area (Å²) in [4.78, 5) is 12.0. The number of aliphatic hydroxyl groups excluding tert-OH is 2. The normalized spacial score (nSPS) is 13.3. The van der Waals surface area contributed by atoms with E-state index in [1.807, 2.05) is 30.3 Å². The highest BCUT2D eigenvalue weighted by molar-refractivity contribution is 5.76. The molecule has 26 heavy (non-hydrogen) atoms. The number of hydrogen-bond acceptors (Lipinski definition) is 3. The van der Waals surface area contributed by atoms with Gasteiger partial charge in [0.2, 0.25) is 5.91 Å². The van der Waals surface area contributed by atoms with Gasteiger partial charge < -0.3 is 15.5 Å². The second-order valence-electron chi connectivity index (χ2n) is 7.19. The van der Waals surface area contributed by atoms with Gasteiger partial charge in [0.25, 0.3) is 0 Å². The van der Waals surface area contributed by atoms with Gasteiger partial charge in [-0.25, -0.2) is 0 Å². The number of nitrogens with one attached hydrogen (secondary N) is 1. The standard InChI is InChI=1S/C22H37NO3/c1-2-3-4-5-6-7-8-9-13-16-22(26)23-20(18-24)17-21(25)19-14-11-10-12-15-19/h10-12,14-15,20-21,24-25H,2-9,13,16-18H2,1H3,(H,23,26)/t20?,21-/m1/s1. The third kappa shape index (κ3) is 10.6. The van der Waals surface area contributed by atoms with E-state index in [-0.39, 0.29) is 12.5 Å². The molecule has 0 saturated heterocycles. The summed E-state index contributed by atoms with van der Waals surface area (Å²) in [5.74, 6) is -0.0349. The first-order chi connectivity index (χ1) is 12.7. The van der Waals surface area contributed by atoms with Crippen molar-refractivity contribution in [1.82, 2.24) is 5.32 Å².